The largest absolute Gasteiger partial charge is 0.497 e. The number of aromatic nitrogens is 4. The molecule has 5 rings (SSSR count). The lowest BCUT2D eigenvalue weighted by Crippen LogP contribution is -2.11. The van der Waals surface area contributed by atoms with Gasteiger partial charge in [-0.2, -0.15) is 13.2 Å². The second-order valence-electron chi connectivity index (χ2n) is 6.94. The van der Waals surface area contributed by atoms with Crippen LogP contribution in [-0.2, 0) is 19.0 Å². The average molecular weight is 464 g/mol. The monoisotopic (exact) mass is 464 g/mol. The van der Waals surface area contributed by atoms with E-state index >= 15 is 0 Å². The van der Waals surface area contributed by atoms with Crippen LogP contribution in [0.15, 0.2) is 38.9 Å². The van der Waals surface area contributed by atoms with Crippen LogP contribution in [-0.4, -0.2) is 27.3 Å². The van der Waals surface area contributed by atoms with Gasteiger partial charge in [0.15, 0.2) is 0 Å². The molecule has 0 unspecified atom stereocenters. The van der Waals surface area contributed by atoms with Crippen LogP contribution in [0, 0.1) is 0 Å². The third-order valence-corrected chi connectivity index (χ3v) is 6.98. The fourth-order valence-electron chi connectivity index (χ4n) is 3.51. The Morgan fingerprint density at radius 3 is 2.58 bits per heavy atom. The van der Waals surface area contributed by atoms with E-state index in [1.165, 1.54) is 11.3 Å². The Balaban J connectivity index is 1.55. The number of fused-ring (bicyclic) bond motifs is 3. The summed E-state index contributed by atoms with van der Waals surface area (Å²) in [6, 6.07) is 7.04. The first kappa shape index (κ1) is 20.3. The highest BCUT2D eigenvalue weighted by molar-refractivity contribution is 7.99. The number of hydrogen-bond donors (Lipinski definition) is 0. The average Bonchev–Trinajstić information content (AvgIpc) is 3.37. The van der Waals surface area contributed by atoms with Crippen LogP contribution >= 0.6 is 23.1 Å². The quantitative estimate of drug-likeness (QED) is 0.354. The van der Waals surface area contributed by atoms with Crippen molar-refractivity contribution in [1.82, 2.24) is 20.2 Å². The summed E-state index contributed by atoms with van der Waals surface area (Å²) in [6.07, 6.45) is -0.970. The molecule has 3 heterocycles. The molecule has 1 aliphatic carbocycles. The van der Waals surface area contributed by atoms with Crippen molar-refractivity contribution in [2.75, 3.05) is 7.11 Å². The Kier molecular flexibility index (Phi) is 5.09. The van der Waals surface area contributed by atoms with E-state index in [0.717, 1.165) is 47.9 Å². The van der Waals surface area contributed by atoms with Crippen LogP contribution in [0.1, 0.15) is 29.1 Å². The number of hydrogen-bond acceptors (Lipinski definition) is 8. The van der Waals surface area contributed by atoms with Crippen LogP contribution in [0.5, 0.6) is 5.75 Å². The van der Waals surface area contributed by atoms with E-state index < -0.39 is 12.0 Å². The van der Waals surface area contributed by atoms with Gasteiger partial charge in [-0.05, 0) is 67.3 Å². The molecule has 4 aromatic rings. The Morgan fingerprint density at radius 2 is 1.84 bits per heavy atom. The number of rotatable bonds is 4. The summed E-state index contributed by atoms with van der Waals surface area (Å²) in [4.78, 5) is 9.09. The van der Waals surface area contributed by atoms with E-state index in [-0.39, 0.29) is 16.1 Å². The predicted octanol–water partition coefficient (Wildman–Crippen LogP) is 5.80. The topological polar surface area (TPSA) is 73.9 Å². The van der Waals surface area contributed by atoms with E-state index in [1.807, 2.05) is 0 Å². The molecule has 6 nitrogen and oxygen atoms in total. The summed E-state index contributed by atoms with van der Waals surface area (Å²) in [7, 11) is 1.57. The molecule has 11 heteroatoms. The van der Waals surface area contributed by atoms with Gasteiger partial charge in [-0.25, -0.2) is 9.97 Å². The van der Waals surface area contributed by atoms with Gasteiger partial charge >= 0.3 is 6.18 Å². The first-order valence-corrected chi connectivity index (χ1v) is 11.1. The highest BCUT2D eigenvalue weighted by Gasteiger charge is 2.37. The Bertz CT molecular complexity index is 1250. The number of alkyl halides is 3. The Morgan fingerprint density at radius 1 is 1.06 bits per heavy atom. The highest BCUT2D eigenvalue weighted by Crippen LogP contribution is 2.43. The maximum atomic E-state index is 13.4. The van der Waals surface area contributed by atoms with Gasteiger partial charge in [-0.1, -0.05) is 0 Å². The number of halogens is 3. The second-order valence-corrected chi connectivity index (χ2v) is 8.97. The summed E-state index contributed by atoms with van der Waals surface area (Å²) < 4.78 is 51.1. The second kappa shape index (κ2) is 7.79. The van der Waals surface area contributed by atoms with Crippen LogP contribution in [0.25, 0.3) is 21.7 Å². The minimum atomic E-state index is -4.64. The fraction of sp³-hybridized carbons (Fsp3) is 0.300. The molecule has 0 radical (unpaired) electrons. The summed E-state index contributed by atoms with van der Waals surface area (Å²) in [5, 5.41) is 9.01. The fourth-order valence-corrected chi connectivity index (χ4v) is 5.66. The van der Waals surface area contributed by atoms with Gasteiger partial charge in [0.1, 0.15) is 15.6 Å². The summed E-state index contributed by atoms with van der Waals surface area (Å²) in [5.74, 6) is -0.210. The molecule has 3 aromatic heterocycles. The van der Waals surface area contributed by atoms with Gasteiger partial charge in [-0.15, -0.1) is 21.5 Å². The minimum Gasteiger partial charge on any atom is -0.497 e. The minimum absolute atomic E-state index is 0.120. The van der Waals surface area contributed by atoms with Crippen molar-refractivity contribution in [3.8, 4) is 17.2 Å². The van der Waals surface area contributed by atoms with Crippen molar-refractivity contribution in [3.05, 3.63) is 40.5 Å². The summed E-state index contributed by atoms with van der Waals surface area (Å²) in [6.45, 7) is 0. The molecule has 31 heavy (non-hydrogen) atoms. The van der Waals surface area contributed by atoms with E-state index in [0.29, 0.717) is 21.5 Å². The van der Waals surface area contributed by atoms with Crippen molar-refractivity contribution in [2.45, 2.75) is 42.1 Å². The van der Waals surface area contributed by atoms with E-state index in [1.54, 1.807) is 31.4 Å². The normalized spacial score (nSPS) is 14.1. The SMILES string of the molecule is COc1ccc(-c2nnc(Sc3nc(C(F)(F)F)nc4sc5c(c34)CCCC5)o2)cc1. The first-order chi connectivity index (χ1) is 14.9. The molecule has 0 amide bonds. The lowest BCUT2D eigenvalue weighted by Gasteiger charge is -2.12. The van der Waals surface area contributed by atoms with Gasteiger partial charge in [0.25, 0.3) is 5.22 Å². The third kappa shape index (κ3) is 3.87. The summed E-state index contributed by atoms with van der Waals surface area (Å²) >= 11 is 2.26. The molecule has 0 saturated heterocycles. The van der Waals surface area contributed by atoms with Gasteiger partial charge in [0, 0.05) is 15.8 Å². The van der Waals surface area contributed by atoms with E-state index in [2.05, 4.69) is 20.2 Å². The van der Waals surface area contributed by atoms with E-state index in [4.69, 9.17) is 9.15 Å². The molecule has 0 N–H and O–H groups in total. The standard InChI is InChI=1S/C20H15F3N4O2S2/c1-28-11-8-6-10(7-9-11)15-26-27-19(29-15)31-17-14-12-4-2-3-5-13(12)30-16(14)24-18(25-17)20(21,22)23/h6-9H,2-5H2,1H3. The van der Waals surface area contributed by atoms with Crippen LogP contribution < -0.4 is 4.74 Å². The van der Waals surface area contributed by atoms with Gasteiger partial charge < -0.3 is 9.15 Å². The van der Waals surface area contributed by atoms with Gasteiger partial charge in [-0.3, -0.25) is 0 Å². The summed E-state index contributed by atoms with van der Waals surface area (Å²) in [5.41, 5.74) is 1.72. The molecule has 0 spiro atoms. The van der Waals surface area contributed by atoms with Crippen molar-refractivity contribution in [2.24, 2.45) is 0 Å². The van der Waals surface area contributed by atoms with Crippen LogP contribution in [0.2, 0.25) is 0 Å². The number of nitrogens with zero attached hydrogens (tertiary/aromatic N) is 4. The molecular weight excluding hydrogens is 449 g/mol. The molecular formula is C20H15F3N4O2S2. The molecule has 0 fully saturated rings. The molecule has 160 valence electrons. The number of methoxy groups -OCH3 is 1. The van der Waals surface area contributed by atoms with Crippen molar-refractivity contribution >= 4 is 33.3 Å². The van der Waals surface area contributed by atoms with Crippen LogP contribution in [0.4, 0.5) is 13.2 Å². The lowest BCUT2D eigenvalue weighted by molar-refractivity contribution is -0.145. The molecule has 1 aromatic carbocycles. The Hall–Kier alpha value is -2.66. The zero-order valence-electron chi connectivity index (χ0n) is 16.2. The first-order valence-electron chi connectivity index (χ1n) is 9.47. The maximum Gasteiger partial charge on any atom is 0.451 e. The Labute approximate surface area is 182 Å². The van der Waals surface area contributed by atoms with Crippen molar-refractivity contribution < 1.29 is 22.3 Å². The predicted molar refractivity (Wildman–Crippen MR) is 109 cm³/mol. The molecule has 0 atom stereocenters. The smallest absolute Gasteiger partial charge is 0.451 e. The number of thiophene rings is 1. The maximum absolute atomic E-state index is 13.4. The zero-order chi connectivity index (χ0) is 21.6. The van der Waals surface area contributed by atoms with Gasteiger partial charge in [0.2, 0.25) is 11.7 Å². The van der Waals surface area contributed by atoms with Crippen LogP contribution in [0.3, 0.4) is 0 Å². The highest BCUT2D eigenvalue weighted by atomic mass is 32.2. The number of benzene rings is 1. The lowest BCUT2D eigenvalue weighted by atomic mass is 9.97. The van der Waals surface area contributed by atoms with Crippen molar-refractivity contribution in [3.63, 3.8) is 0 Å². The molecule has 1 aliphatic rings. The van der Waals surface area contributed by atoms with Gasteiger partial charge in [0.05, 0.1) is 7.11 Å². The number of ether oxygens (including phenoxy) is 1. The van der Waals surface area contributed by atoms with Crippen molar-refractivity contribution in [1.29, 1.82) is 0 Å². The van der Waals surface area contributed by atoms with E-state index in [9.17, 15) is 13.2 Å². The third-order valence-electron chi connectivity index (χ3n) is 4.96. The number of aryl methyl sites for hydroxylation is 2. The molecule has 0 saturated carbocycles. The molecule has 0 aliphatic heterocycles. The zero-order valence-corrected chi connectivity index (χ0v) is 17.8. The molecule has 0 bridgehead atoms.